The predicted molar refractivity (Wildman–Crippen MR) is 72.3 cm³/mol. The van der Waals surface area contributed by atoms with Gasteiger partial charge in [0.15, 0.2) is 0 Å². The molecule has 1 N–H and O–H groups in total. The Bertz CT molecular complexity index is 345. The molecular formula is C14H23N3. The van der Waals surface area contributed by atoms with Gasteiger partial charge in [-0.2, -0.15) is 0 Å². The van der Waals surface area contributed by atoms with Crippen molar-refractivity contribution in [2.75, 3.05) is 19.0 Å². The van der Waals surface area contributed by atoms with Gasteiger partial charge in [0.05, 0.1) is 0 Å². The van der Waals surface area contributed by atoms with Crippen molar-refractivity contribution in [3.05, 3.63) is 23.9 Å². The van der Waals surface area contributed by atoms with Gasteiger partial charge in [-0.25, -0.2) is 4.98 Å². The van der Waals surface area contributed by atoms with E-state index < -0.39 is 0 Å². The van der Waals surface area contributed by atoms with Gasteiger partial charge in [0.1, 0.15) is 5.82 Å². The minimum absolute atomic E-state index is 0.675. The molecule has 0 aromatic carbocycles. The molecule has 0 amide bonds. The lowest BCUT2D eigenvalue weighted by atomic mass is 9.94. The SMILES string of the molecule is CNCc1cccnc1N(C)C1CCCCC1. The third-order valence-electron chi connectivity index (χ3n) is 3.69. The van der Waals surface area contributed by atoms with Gasteiger partial charge in [0.25, 0.3) is 0 Å². The second-order valence-electron chi connectivity index (χ2n) is 4.92. The van der Waals surface area contributed by atoms with E-state index in [1.54, 1.807) is 0 Å². The summed E-state index contributed by atoms with van der Waals surface area (Å²) in [5, 5.41) is 3.22. The van der Waals surface area contributed by atoms with Gasteiger partial charge < -0.3 is 10.2 Å². The van der Waals surface area contributed by atoms with Crippen LogP contribution in [-0.2, 0) is 6.54 Å². The van der Waals surface area contributed by atoms with Crippen molar-refractivity contribution in [3.63, 3.8) is 0 Å². The summed E-state index contributed by atoms with van der Waals surface area (Å²) in [6, 6.07) is 4.86. The molecule has 94 valence electrons. The monoisotopic (exact) mass is 233 g/mol. The molecule has 17 heavy (non-hydrogen) atoms. The van der Waals surface area contributed by atoms with E-state index in [9.17, 15) is 0 Å². The fourth-order valence-corrected chi connectivity index (χ4v) is 2.72. The first-order chi connectivity index (χ1) is 8.33. The molecule has 1 saturated carbocycles. The molecule has 1 aromatic heterocycles. The first-order valence-electron chi connectivity index (χ1n) is 6.64. The zero-order valence-electron chi connectivity index (χ0n) is 10.9. The number of aromatic nitrogens is 1. The maximum Gasteiger partial charge on any atom is 0.132 e. The molecule has 0 spiro atoms. The fraction of sp³-hybridized carbons (Fsp3) is 0.643. The molecule has 0 atom stereocenters. The maximum atomic E-state index is 4.56. The number of pyridine rings is 1. The minimum Gasteiger partial charge on any atom is -0.356 e. The smallest absolute Gasteiger partial charge is 0.132 e. The highest BCUT2D eigenvalue weighted by atomic mass is 15.2. The Hall–Kier alpha value is -1.09. The Morgan fingerprint density at radius 1 is 1.35 bits per heavy atom. The number of nitrogens with zero attached hydrogens (tertiary/aromatic N) is 2. The average Bonchev–Trinajstić information content (AvgIpc) is 2.40. The lowest BCUT2D eigenvalue weighted by Crippen LogP contribution is -2.34. The molecule has 0 saturated heterocycles. The van der Waals surface area contributed by atoms with Crippen LogP contribution in [0.15, 0.2) is 18.3 Å². The van der Waals surface area contributed by atoms with E-state index in [-0.39, 0.29) is 0 Å². The summed E-state index contributed by atoms with van der Waals surface area (Å²) in [5.74, 6) is 1.15. The molecule has 0 aliphatic heterocycles. The second-order valence-corrected chi connectivity index (χ2v) is 4.92. The Kier molecular flexibility index (Phi) is 4.37. The van der Waals surface area contributed by atoms with Crippen LogP contribution in [-0.4, -0.2) is 25.1 Å². The van der Waals surface area contributed by atoms with Crippen LogP contribution in [0.5, 0.6) is 0 Å². The molecule has 2 rings (SSSR count). The Morgan fingerprint density at radius 2 is 2.12 bits per heavy atom. The number of hydrogen-bond acceptors (Lipinski definition) is 3. The van der Waals surface area contributed by atoms with Crippen LogP contribution in [0.1, 0.15) is 37.7 Å². The molecule has 0 unspecified atom stereocenters. The van der Waals surface area contributed by atoms with Crippen LogP contribution in [0, 0.1) is 0 Å². The van der Waals surface area contributed by atoms with Crippen LogP contribution < -0.4 is 10.2 Å². The first kappa shape index (κ1) is 12.4. The van der Waals surface area contributed by atoms with E-state index in [1.807, 2.05) is 19.3 Å². The quantitative estimate of drug-likeness (QED) is 0.866. The van der Waals surface area contributed by atoms with Crippen LogP contribution in [0.4, 0.5) is 5.82 Å². The molecule has 3 heteroatoms. The summed E-state index contributed by atoms with van der Waals surface area (Å²) >= 11 is 0. The standard InChI is InChI=1S/C14H23N3/c1-15-11-12-7-6-10-16-14(12)17(2)13-8-4-3-5-9-13/h6-7,10,13,15H,3-5,8-9,11H2,1-2H3. The van der Waals surface area contributed by atoms with Crippen LogP contribution >= 0.6 is 0 Å². The van der Waals surface area contributed by atoms with E-state index in [0.717, 1.165) is 12.4 Å². The summed E-state index contributed by atoms with van der Waals surface area (Å²) < 4.78 is 0. The fourth-order valence-electron chi connectivity index (χ4n) is 2.72. The number of anilines is 1. The maximum absolute atomic E-state index is 4.56. The van der Waals surface area contributed by atoms with Crippen molar-refractivity contribution >= 4 is 5.82 Å². The summed E-state index contributed by atoms with van der Waals surface area (Å²) in [6.45, 7) is 0.889. The molecule has 1 aliphatic rings. The molecule has 1 heterocycles. The molecule has 0 bridgehead atoms. The molecular weight excluding hydrogens is 210 g/mol. The number of nitrogens with one attached hydrogen (secondary N) is 1. The summed E-state index contributed by atoms with van der Waals surface area (Å²) in [6.07, 6.45) is 8.65. The van der Waals surface area contributed by atoms with Crippen molar-refractivity contribution in [2.24, 2.45) is 0 Å². The van der Waals surface area contributed by atoms with Crippen molar-refractivity contribution < 1.29 is 0 Å². The third kappa shape index (κ3) is 2.97. The van der Waals surface area contributed by atoms with Crippen molar-refractivity contribution in [1.29, 1.82) is 0 Å². The van der Waals surface area contributed by atoms with Gasteiger partial charge in [-0.3, -0.25) is 0 Å². The van der Waals surface area contributed by atoms with E-state index in [1.165, 1.54) is 37.7 Å². The normalized spacial score (nSPS) is 17.1. The highest BCUT2D eigenvalue weighted by Crippen LogP contribution is 2.26. The zero-order valence-corrected chi connectivity index (χ0v) is 10.9. The number of hydrogen-bond donors (Lipinski definition) is 1. The van der Waals surface area contributed by atoms with Crippen molar-refractivity contribution in [2.45, 2.75) is 44.7 Å². The molecule has 3 nitrogen and oxygen atoms in total. The van der Waals surface area contributed by atoms with E-state index >= 15 is 0 Å². The molecule has 1 fully saturated rings. The highest BCUT2D eigenvalue weighted by Gasteiger charge is 2.20. The lowest BCUT2D eigenvalue weighted by Gasteiger charge is -2.33. The van der Waals surface area contributed by atoms with E-state index in [2.05, 4.69) is 28.3 Å². The Morgan fingerprint density at radius 3 is 2.82 bits per heavy atom. The highest BCUT2D eigenvalue weighted by molar-refractivity contribution is 5.46. The van der Waals surface area contributed by atoms with Gasteiger partial charge in [-0.1, -0.05) is 25.3 Å². The van der Waals surface area contributed by atoms with Gasteiger partial charge in [-0.05, 0) is 26.0 Å². The van der Waals surface area contributed by atoms with Crippen LogP contribution in [0.2, 0.25) is 0 Å². The molecule has 0 radical (unpaired) electrons. The summed E-state index contributed by atoms with van der Waals surface area (Å²) in [7, 11) is 4.18. The Labute approximate surface area is 104 Å². The lowest BCUT2D eigenvalue weighted by molar-refractivity contribution is 0.425. The van der Waals surface area contributed by atoms with Crippen molar-refractivity contribution in [3.8, 4) is 0 Å². The first-order valence-corrected chi connectivity index (χ1v) is 6.64. The van der Waals surface area contributed by atoms with E-state index in [4.69, 9.17) is 0 Å². The Balaban J connectivity index is 2.14. The van der Waals surface area contributed by atoms with Gasteiger partial charge in [0.2, 0.25) is 0 Å². The van der Waals surface area contributed by atoms with Crippen molar-refractivity contribution in [1.82, 2.24) is 10.3 Å². The van der Waals surface area contributed by atoms with Crippen LogP contribution in [0.3, 0.4) is 0 Å². The molecule has 1 aliphatic carbocycles. The van der Waals surface area contributed by atoms with Gasteiger partial charge >= 0.3 is 0 Å². The van der Waals surface area contributed by atoms with Gasteiger partial charge in [0, 0.05) is 31.4 Å². The summed E-state index contributed by atoms with van der Waals surface area (Å²) in [5.41, 5.74) is 1.29. The minimum atomic E-state index is 0.675. The largest absolute Gasteiger partial charge is 0.356 e. The summed E-state index contributed by atoms with van der Waals surface area (Å²) in [4.78, 5) is 6.94. The third-order valence-corrected chi connectivity index (χ3v) is 3.69. The van der Waals surface area contributed by atoms with Gasteiger partial charge in [-0.15, -0.1) is 0 Å². The average molecular weight is 233 g/mol. The van der Waals surface area contributed by atoms with E-state index in [0.29, 0.717) is 6.04 Å². The zero-order chi connectivity index (χ0) is 12.1. The number of rotatable bonds is 4. The topological polar surface area (TPSA) is 28.2 Å². The van der Waals surface area contributed by atoms with Crippen LogP contribution in [0.25, 0.3) is 0 Å². The second kappa shape index (κ2) is 6.01. The predicted octanol–water partition coefficient (Wildman–Crippen LogP) is 2.57. The molecule has 1 aromatic rings.